The van der Waals surface area contributed by atoms with Crippen LogP contribution in [0.2, 0.25) is 5.02 Å². The van der Waals surface area contributed by atoms with Crippen molar-refractivity contribution in [2.75, 3.05) is 12.4 Å². The average Bonchev–Trinajstić information content (AvgIpc) is 3.08. The van der Waals surface area contributed by atoms with Gasteiger partial charge in [0, 0.05) is 17.5 Å². The molecule has 0 spiro atoms. The number of carbonyl (C=O) groups is 1. The monoisotopic (exact) mass is 387 g/mol. The van der Waals surface area contributed by atoms with E-state index in [-0.39, 0.29) is 18.1 Å². The lowest BCUT2D eigenvalue weighted by Crippen LogP contribution is -2.16. The maximum atomic E-state index is 13.7. The Labute approximate surface area is 161 Å². The van der Waals surface area contributed by atoms with Gasteiger partial charge in [-0.1, -0.05) is 35.9 Å². The first-order valence-corrected chi connectivity index (χ1v) is 8.82. The van der Waals surface area contributed by atoms with Crippen molar-refractivity contribution < 1.29 is 13.9 Å². The minimum Gasteiger partial charge on any atom is -0.494 e. The van der Waals surface area contributed by atoms with Gasteiger partial charge in [-0.3, -0.25) is 4.79 Å². The number of aryl methyl sites for hydroxylation is 1. The summed E-state index contributed by atoms with van der Waals surface area (Å²) >= 11 is 6.18. The zero-order valence-electron chi connectivity index (χ0n) is 14.8. The Bertz CT molecular complexity index is 942. The van der Waals surface area contributed by atoms with Gasteiger partial charge in [-0.05, 0) is 35.7 Å². The molecule has 27 heavy (non-hydrogen) atoms. The SMILES string of the molecule is COc1ccc(CCC(=O)Nc2ccnn2Cc2ccccc2Cl)cc1F. The van der Waals surface area contributed by atoms with E-state index in [1.807, 2.05) is 24.3 Å². The van der Waals surface area contributed by atoms with E-state index < -0.39 is 5.82 Å². The molecule has 2 aromatic carbocycles. The Hall–Kier alpha value is -2.86. The van der Waals surface area contributed by atoms with Crippen LogP contribution in [0.5, 0.6) is 5.75 Å². The molecule has 0 aliphatic rings. The van der Waals surface area contributed by atoms with Gasteiger partial charge in [0.25, 0.3) is 0 Å². The van der Waals surface area contributed by atoms with Gasteiger partial charge in [0.05, 0.1) is 19.9 Å². The lowest BCUT2D eigenvalue weighted by molar-refractivity contribution is -0.116. The molecule has 5 nitrogen and oxygen atoms in total. The molecule has 1 aromatic heterocycles. The van der Waals surface area contributed by atoms with Crippen molar-refractivity contribution in [1.82, 2.24) is 9.78 Å². The summed E-state index contributed by atoms with van der Waals surface area (Å²) < 4.78 is 20.3. The number of methoxy groups -OCH3 is 1. The number of nitrogens with one attached hydrogen (secondary N) is 1. The van der Waals surface area contributed by atoms with Crippen LogP contribution in [0.15, 0.2) is 54.7 Å². The van der Waals surface area contributed by atoms with E-state index in [0.717, 1.165) is 11.1 Å². The first-order valence-electron chi connectivity index (χ1n) is 8.44. The molecule has 3 aromatic rings. The normalized spacial score (nSPS) is 10.6. The van der Waals surface area contributed by atoms with E-state index in [0.29, 0.717) is 23.8 Å². The molecule has 1 heterocycles. The smallest absolute Gasteiger partial charge is 0.225 e. The molecule has 0 atom stereocenters. The molecule has 0 bridgehead atoms. The van der Waals surface area contributed by atoms with Gasteiger partial charge in [0.15, 0.2) is 11.6 Å². The standard InChI is InChI=1S/C20H19ClFN3O2/c1-27-18-8-6-14(12-17(18)22)7-9-20(26)24-19-10-11-23-25(19)13-15-4-2-3-5-16(15)21/h2-6,8,10-12H,7,9,13H2,1H3,(H,24,26). The fraction of sp³-hybridized carbons (Fsp3) is 0.200. The molecule has 0 aliphatic heterocycles. The first kappa shape index (κ1) is 18.9. The lowest BCUT2D eigenvalue weighted by Gasteiger charge is -2.10. The second-order valence-electron chi connectivity index (χ2n) is 5.98. The summed E-state index contributed by atoms with van der Waals surface area (Å²) in [5.74, 6) is 0.160. The van der Waals surface area contributed by atoms with Crippen LogP contribution in [-0.4, -0.2) is 22.8 Å². The van der Waals surface area contributed by atoms with Crippen LogP contribution < -0.4 is 10.1 Å². The molecule has 7 heteroatoms. The van der Waals surface area contributed by atoms with Gasteiger partial charge < -0.3 is 10.1 Å². The summed E-state index contributed by atoms with van der Waals surface area (Å²) in [7, 11) is 1.41. The molecule has 1 N–H and O–H groups in total. The summed E-state index contributed by atoms with van der Waals surface area (Å²) in [4.78, 5) is 12.3. The van der Waals surface area contributed by atoms with E-state index in [1.165, 1.54) is 13.2 Å². The number of nitrogens with zero attached hydrogens (tertiary/aromatic N) is 2. The van der Waals surface area contributed by atoms with Crippen LogP contribution in [0, 0.1) is 5.82 Å². The molecular weight excluding hydrogens is 369 g/mol. The Morgan fingerprint density at radius 3 is 2.81 bits per heavy atom. The number of aromatic nitrogens is 2. The highest BCUT2D eigenvalue weighted by Gasteiger charge is 2.10. The Morgan fingerprint density at radius 1 is 1.26 bits per heavy atom. The van der Waals surface area contributed by atoms with Crippen molar-refractivity contribution in [3.8, 4) is 5.75 Å². The van der Waals surface area contributed by atoms with Gasteiger partial charge in [-0.2, -0.15) is 5.10 Å². The topological polar surface area (TPSA) is 56.1 Å². The van der Waals surface area contributed by atoms with E-state index in [4.69, 9.17) is 16.3 Å². The number of benzene rings is 2. The maximum Gasteiger partial charge on any atom is 0.225 e. The highest BCUT2D eigenvalue weighted by molar-refractivity contribution is 6.31. The fourth-order valence-corrected chi connectivity index (χ4v) is 2.88. The predicted octanol–water partition coefficient (Wildman–Crippen LogP) is 4.30. The van der Waals surface area contributed by atoms with E-state index in [9.17, 15) is 9.18 Å². The molecule has 0 saturated heterocycles. The Morgan fingerprint density at radius 2 is 2.07 bits per heavy atom. The van der Waals surface area contributed by atoms with Crippen LogP contribution in [0.25, 0.3) is 0 Å². The molecule has 140 valence electrons. The fourth-order valence-electron chi connectivity index (χ4n) is 2.68. The third-order valence-corrected chi connectivity index (χ3v) is 4.49. The molecule has 1 amide bonds. The van der Waals surface area contributed by atoms with E-state index in [2.05, 4.69) is 10.4 Å². The molecule has 0 radical (unpaired) electrons. The summed E-state index contributed by atoms with van der Waals surface area (Å²) in [6.07, 6.45) is 2.26. The molecule has 0 aliphatic carbocycles. The Kier molecular flexibility index (Phi) is 6.08. The third-order valence-electron chi connectivity index (χ3n) is 4.12. The van der Waals surface area contributed by atoms with Gasteiger partial charge in [-0.25, -0.2) is 9.07 Å². The summed E-state index contributed by atoms with van der Waals surface area (Å²) in [5.41, 5.74) is 1.64. The molecule has 0 saturated carbocycles. The van der Waals surface area contributed by atoms with Crippen molar-refractivity contribution in [1.29, 1.82) is 0 Å². The highest BCUT2D eigenvalue weighted by Crippen LogP contribution is 2.20. The summed E-state index contributed by atoms with van der Waals surface area (Å²) in [6, 6.07) is 13.9. The number of rotatable bonds is 7. The molecule has 0 unspecified atom stereocenters. The van der Waals surface area contributed by atoms with Crippen molar-refractivity contribution in [3.63, 3.8) is 0 Å². The largest absolute Gasteiger partial charge is 0.494 e. The number of amides is 1. The minimum atomic E-state index is -0.437. The molecule has 0 fully saturated rings. The third kappa shape index (κ3) is 4.86. The van der Waals surface area contributed by atoms with E-state index >= 15 is 0 Å². The van der Waals surface area contributed by atoms with Crippen LogP contribution >= 0.6 is 11.6 Å². The zero-order chi connectivity index (χ0) is 19.2. The van der Waals surface area contributed by atoms with Crippen molar-refractivity contribution in [3.05, 3.63) is 76.7 Å². The average molecular weight is 388 g/mol. The quantitative estimate of drug-likeness (QED) is 0.657. The predicted molar refractivity (Wildman–Crippen MR) is 103 cm³/mol. The van der Waals surface area contributed by atoms with Gasteiger partial charge in [0.2, 0.25) is 5.91 Å². The highest BCUT2D eigenvalue weighted by atomic mass is 35.5. The van der Waals surface area contributed by atoms with Gasteiger partial charge in [0.1, 0.15) is 5.82 Å². The van der Waals surface area contributed by atoms with E-state index in [1.54, 1.807) is 29.1 Å². The first-order chi connectivity index (χ1) is 13.1. The van der Waals surface area contributed by atoms with Crippen LogP contribution in [0.3, 0.4) is 0 Å². The second kappa shape index (κ2) is 8.68. The Balaban J connectivity index is 1.60. The number of ether oxygens (including phenoxy) is 1. The molecule has 3 rings (SSSR count). The summed E-state index contributed by atoms with van der Waals surface area (Å²) in [6.45, 7) is 0.450. The zero-order valence-corrected chi connectivity index (χ0v) is 15.5. The number of carbonyl (C=O) groups excluding carboxylic acids is 1. The minimum absolute atomic E-state index is 0.174. The van der Waals surface area contributed by atoms with Crippen LogP contribution in [0.4, 0.5) is 10.2 Å². The van der Waals surface area contributed by atoms with Crippen molar-refractivity contribution in [2.45, 2.75) is 19.4 Å². The van der Waals surface area contributed by atoms with Crippen molar-refractivity contribution >= 4 is 23.3 Å². The number of hydrogen-bond donors (Lipinski definition) is 1. The number of anilines is 1. The number of hydrogen-bond acceptors (Lipinski definition) is 3. The van der Waals surface area contributed by atoms with Gasteiger partial charge in [-0.15, -0.1) is 0 Å². The van der Waals surface area contributed by atoms with Crippen LogP contribution in [-0.2, 0) is 17.8 Å². The second-order valence-corrected chi connectivity index (χ2v) is 6.39. The lowest BCUT2D eigenvalue weighted by atomic mass is 10.1. The van der Waals surface area contributed by atoms with Crippen molar-refractivity contribution in [2.24, 2.45) is 0 Å². The van der Waals surface area contributed by atoms with Crippen LogP contribution in [0.1, 0.15) is 17.5 Å². The maximum absolute atomic E-state index is 13.7. The number of halogens is 2. The van der Waals surface area contributed by atoms with Gasteiger partial charge >= 0.3 is 0 Å². The molecular formula is C20H19ClFN3O2. The summed E-state index contributed by atoms with van der Waals surface area (Å²) in [5, 5.41) is 7.72.